The van der Waals surface area contributed by atoms with Gasteiger partial charge in [0.15, 0.2) is 0 Å². The minimum atomic E-state index is -1.54. The smallest absolute Gasteiger partial charge is 0.394 e. The number of aliphatic hydroxyl groups excluding tert-OH is 4. The molecule has 6 nitrogen and oxygen atoms in total. The molecular weight excluding hydrogens is 251 g/mol. The Labute approximate surface area is 111 Å². The standard InChI is InChI=1S/C12H17BO6/c14-6-11(7-15)12(8-16,9-17)19-13(18-11)10-4-2-1-3-5-10/h1-5,14-17H,6-9H2. The van der Waals surface area contributed by atoms with Crippen LogP contribution in [-0.2, 0) is 9.31 Å². The zero-order chi connectivity index (χ0) is 13.9. The van der Waals surface area contributed by atoms with Crippen molar-refractivity contribution in [1.82, 2.24) is 0 Å². The molecule has 2 rings (SSSR count). The highest BCUT2D eigenvalue weighted by atomic mass is 16.7. The monoisotopic (exact) mass is 268 g/mol. The van der Waals surface area contributed by atoms with Crippen LogP contribution in [-0.4, -0.2) is 65.2 Å². The van der Waals surface area contributed by atoms with Gasteiger partial charge in [-0.15, -0.1) is 0 Å². The first kappa shape index (κ1) is 14.5. The van der Waals surface area contributed by atoms with Crippen molar-refractivity contribution in [2.75, 3.05) is 26.4 Å². The molecule has 7 heteroatoms. The lowest BCUT2D eigenvalue weighted by molar-refractivity contribution is -0.147. The lowest BCUT2D eigenvalue weighted by atomic mass is 9.79. The molecule has 0 spiro atoms. The average Bonchev–Trinajstić information content (AvgIpc) is 2.83. The third-order valence-electron chi connectivity index (χ3n) is 3.59. The van der Waals surface area contributed by atoms with Crippen molar-refractivity contribution in [2.45, 2.75) is 11.2 Å². The summed E-state index contributed by atoms with van der Waals surface area (Å²) in [7, 11) is -0.861. The fourth-order valence-electron chi connectivity index (χ4n) is 2.22. The number of benzene rings is 1. The highest BCUT2D eigenvalue weighted by Crippen LogP contribution is 2.37. The largest absolute Gasteiger partial charge is 0.495 e. The second kappa shape index (κ2) is 5.58. The molecular formula is C12H17BO6. The van der Waals surface area contributed by atoms with Crippen molar-refractivity contribution in [1.29, 1.82) is 0 Å². The molecule has 1 fully saturated rings. The fourth-order valence-corrected chi connectivity index (χ4v) is 2.22. The topological polar surface area (TPSA) is 99.4 Å². The summed E-state index contributed by atoms with van der Waals surface area (Å²) < 4.78 is 11.2. The summed E-state index contributed by atoms with van der Waals surface area (Å²) >= 11 is 0. The maximum atomic E-state index is 9.49. The van der Waals surface area contributed by atoms with Crippen LogP contribution in [0.25, 0.3) is 0 Å². The first-order chi connectivity index (χ1) is 9.17. The zero-order valence-corrected chi connectivity index (χ0v) is 10.4. The summed E-state index contributed by atoms with van der Waals surface area (Å²) in [5, 5.41) is 38.0. The number of rotatable bonds is 5. The second-order valence-electron chi connectivity index (χ2n) is 4.60. The van der Waals surface area contributed by atoms with Crippen LogP contribution in [0, 0.1) is 0 Å². The molecule has 1 aliphatic rings. The van der Waals surface area contributed by atoms with Crippen LogP contribution >= 0.6 is 0 Å². The maximum absolute atomic E-state index is 9.49. The number of hydrogen-bond donors (Lipinski definition) is 4. The lowest BCUT2D eigenvalue weighted by Gasteiger charge is -2.39. The van der Waals surface area contributed by atoms with E-state index in [1.54, 1.807) is 24.3 Å². The van der Waals surface area contributed by atoms with Crippen molar-refractivity contribution >= 4 is 12.6 Å². The van der Waals surface area contributed by atoms with E-state index in [0.717, 1.165) is 0 Å². The van der Waals surface area contributed by atoms with Crippen molar-refractivity contribution < 1.29 is 29.7 Å². The van der Waals surface area contributed by atoms with Gasteiger partial charge in [0.1, 0.15) is 11.2 Å². The van der Waals surface area contributed by atoms with E-state index in [4.69, 9.17) is 9.31 Å². The SMILES string of the molecule is OCC1(CO)OB(c2ccccc2)OC1(CO)CO. The van der Waals surface area contributed by atoms with Crippen molar-refractivity contribution in [2.24, 2.45) is 0 Å². The summed E-state index contributed by atoms with van der Waals surface area (Å²) in [5.41, 5.74) is -2.41. The van der Waals surface area contributed by atoms with Crippen LogP contribution in [0.5, 0.6) is 0 Å². The van der Waals surface area contributed by atoms with Crippen LogP contribution in [0.2, 0.25) is 0 Å². The van der Waals surface area contributed by atoms with Gasteiger partial charge in [-0.1, -0.05) is 30.3 Å². The van der Waals surface area contributed by atoms with E-state index < -0.39 is 44.7 Å². The zero-order valence-electron chi connectivity index (χ0n) is 10.4. The lowest BCUT2D eigenvalue weighted by Crippen LogP contribution is -2.61. The number of hydrogen-bond acceptors (Lipinski definition) is 6. The molecule has 19 heavy (non-hydrogen) atoms. The molecule has 0 saturated carbocycles. The van der Waals surface area contributed by atoms with Crippen LogP contribution in [0.15, 0.2) is 30.3 Å². The Balaban J connectivity index is 2.35. The Kier molecular flexibility index (Phi) is 4.24. The molecule has 0 atom stereocenters. The second-order valence-corrected chi connectivity index (χ2v) is 4.60. The highest BCUT2D eigenvalue weighted by molar-refractivity contribution is 6.62. The van der Waals surface area contributed by atoms with E-state index in [0.29, 0.717) is 5.46 Å². The van der Waals surface area contributed by atoms with Crippen LogP contribution in [0.3, 0.4) is 0 Å². The van der Waals surface area contributed by atoms with Gasteiger partial charge in [0.25, 0.3) is 0 Å². The molecule has 1 heterocycles. The van der Waals surface area contributed by atoms with Gasteiger partial charge in [-0.05, 0) is 5.46 Å². The third-order valence-corrected chi connectivity index (χ3v) is 3.59. The van der Waals surface area contributed by atoms with Gasteiger partial charge in [-0.3, -0.25) is 0 Å². The van der Waals surface area contributed by atoms with Crippen LogP contribution in [0.1, 0.15) is 0 Å². The third kappa shape index (κ3) is 2.18. The van der Waals surface area contributed by atoms with E-state index in [1.165, 1.54) is 0 Å². The predicted molar refractivity (Wildman–Crippen MR) is 67.8 cm³/mol. The van der Waals surface area contributed by atoms with Gasteiger partial charge in [0.2, 0.25) is 0 Å². The Hall–Kier alpha value is -0.955. The summed E-state index contributed by atoms with van der Waals surface area (Å²) in [6.07, 6.45) is 0. The van der Waals surface area contributed by atoms with E-state index in [-0.39, 0.29) is 0 Å². The van der Waals surface area contributed by atoms with Crippen LogP contribution < -0.4 is 5.46 Å². The molecule has 0 aliphatic carbocycles. The molecule has 104 valence electrons. The average molecular weight is 268 g/mol. The van der Waals surface area contributed by atoms with Crippen LogP contribution in [0.4, 0.5) is 0 Å². The van der Waals surface area contributed by atoms with Gasteiger partial charge in [-0.2, -0.15) is 0 Å². The minimum Gasteiger partial charge on any atom is -0.394 e. The molecule has 0 radical (unpaired) electrons. The van der Waals surface area contributed by atoms with Crippen molar-refractivity contribution in [3.8, 4) is 0 Å². The molecule has 0 unspecified atom stereocenters. The molecule has 1 aliphatic heterocycles. The maximum Gasteiger partial charge on any atom is 0.495 e. The highest BCUT2D eigenvalue weighted by Gasteiger charge is 2.61. The first-order valence-corrected chi connectivity index (χ1v) is 6.01. The predicted octanol–water partition coefficient (Wildman–Crippen LogP) is -2.12. The normalized spacial score (nSPS) is 20.7. The molecule has 0 aromatic heterocycles. The van der Waals surface area contributed by atoms with Crippen molar-refractivity contribution in [3.05, 3.63) is 30.3 Å². The van der Waals surface area contributed by atoms with Gasteiger partial charge < -0.3 is 29.7 Å². The summed E-state index contributed by atoms with van der Waals surface area (Å²) in [5.74, 6) is 0. The fraction of sp³-hybridized carbons (Fsp3) is 0.500. The van der Waals surface area contributed by atoms with E-state index in [2.05, 4.69) is 0 Å². The molecule has 1 saturated heterocycles. The Morgan fingerprint density at radius 3 is 1.58 bits per heavy atom. The van der Waals surface area contributed by atoms with Gasteiger partial charge >= 0.3 is 7.12 Å². The van der Waals surface area contributed by atoms with Crippen molar-refractivity contribution in [3.63, 3.8) is 0 Å². The van der Waals surface area contributed by atoms with E-state index >= 15 is 0 Å². The van der Waals surface area contributed by atoms with E-state index in [9.17, 15) is 20.4 Å². The summed E-state index contributed by atoms with van der Waals surface area (Å²) in [4.78, 5) is 0. The molecule has 1 aromatic rings. The number of aliphatic hydroxyl groups is 4. The van der Waals surface area contributed by atoms with Gasteiger partial charge in [0, 0.05) is 0 Å². The molecule has 0 amide bonds. The van der Waals surface area contributed by atoms with Gasteiger partial charge in [0.05, 0.1) is 26.4 Å². The first-order valence-electron chi connectivity index (χ1n) is 6.01. The minimum absolute atomic E-state index is 0.575. The Morgan fingerprint density at radius 2 is 1.21 bits per heavy atom. The van der Waals surface area contributed by atoms with E-state index in [1.807, 2.05) is 6.07 Å². The molecule has 1 aromatic carbocycles. The van der Waals surface area contributed by atoms with Gasteiger partial charge in [-0.25, -0.2) is 0 Å². The Bertz CT molecular complexity index is 384. The Morgan fingerprint density at radius 1 is 0.789 bits per heavy atom. The molecule has 0 bridgehead atoms. The molecule has 4 N–H and O–H groups in total. The summed E-state index contributed by atoms with van der Waals surface area (Å²) in [6, 6.07) is 8.93. The quantitative estimate of drug-likeness (QED) is 0.455. The summed E-state index contributed by atoms with van der Waals surface area (Å²) in [6.45, 7) is -2.30.